The highest BCUT2D eigenvalue weighted by Crippen LogP contribution is 2.12. The maximum absolute atomic E-state index is 12.2. The molecule has 0 saturated carbocycles. The first-order chi connectivity index (χ1) is 14.4. The molecule has 0 radical (unpaired) electrons. The second-order valence-corrected chi connectivity index (χ2v) is 6.96. The van der Waals surface area contributed by atoms with Gasteiger partial charge in [-0.05, 0) is 55.8 Å². The molecule has 0 aliphatic rings. The molecule has 0 bridgehead atoms. The van der Waals surface area contributed by atoms with Gasteiger partial charge in [-0.1, -0.05) is 29.3 Å². The number of carbonyl (C=O) groups excluding carboxylic acids is 3. The average Bonchev–Trinajstić information content (AvgIpc) is 3.26. The molecule has 3 amide bonds. The molecule has 0 aliphatic carbocycles. The number of aryl methyl sites for hydroxylation is 2. The maximum Gasteiger partial charge on any atom is 0.291 e. The van der Waals surface area contributed by atoms with Crippen molar-refractivity contribution >= 4 is 23.4 Å². The van der Waals surface area contributed by atoms with Crippen molar-refractivity contribution in [3.63, 3.8) is 0 Å². The fraction of sp³-hybridized carbons (Fsp3) is 0.174. The van der Waals surface area contributed by atoms with Crippen LogP contribution in [0.5, 0.6) is 0 Å². The van der Waals surface area contributed by atoms with Crippen LogP contribution in [0.2, 0.25) is 0 Å². The van der Waals surface area contributed by atoms with E-state index < -0.39 is 0 Å². The Kier molecular flexibility index (Phi) is 6.64. The van der Waals surface area contributed by atoms with Crippen LogP contribution < -0.4 is 16.0 Å². The van der Waals surface area contributed by atoms with Crippen LogP contribution in [0.3, 0.4) is 0 Å². The standard InChI is InChI=1S/C23H23N3O4/c1-15-10-16(2)12-18(11-15)22(28)25-14-21(27)24-13-17-5-7-19(8-6-17)26-23(29)20-4-3-9-30-20/h3-12H,13-14H2,1-2H3,(H,24,27)(H,25,28)(H,26,29). The highest BCUT2D eigenvalue weighted by Gasteiger charge is 2.10. The van der Waals surface area contributed by atoms with Crippen LogP contribution in [-0.4, -0.2) is 24.3 Å². The third-order valence-corrected chi connectivity index (χ3v) is 4.34. The second kappa shape index (κ2) is 9.56. The zero-order valence-corrected chi connectivity index (χ0v) is 16.8. The van der Waals surface area contributed by atoms with Crippen LogP contribution in [-0.2, 0) is 11.3 Å². The summed E-state index contributed by atoms with van der Waals surface area (Å²) < 4.78 is 5.05. The predicted molar refractivity (Wildman–Crippen MR) is 113 cm³/mol. The Morgan fingerprint density at radius 2 is 1.57 bits per heavy atom. The molecule has 30 heavy (non-hydrogen) atoms. The molecule has 1 aromatic heterocycles. The van der Waals surface area contributed by atoms with Crippen molar-refractivity contribution in [2.45, 2.75) is 20.4 Å². The number of carbonyl (C=O) groups is 3. The van der Waals surface area contributed by atoms with Gasteiger partial charge >= 0.3 is 0 Å². The first kappa shape index (κ1) is 20.9. The van der Waals surface area contributed by atoms with Gasteiger partial charge in [-0.3, -0.25) is 14.4 Å². The van der Waals surface area contributed by atoms with Crippen molar-refractivity contribution in [3.8, 4) is 0 Å². The summed E-state index contributed by atoms with van der Waals surface area (Å²) in [4.78, 5) is 36.2. The normalized spacial score (nSPS) is 10.3. The van der Waals surface area contributed by atoms with Gasteiger partial charge in [0.05, 0.1) is 12.8 Å². The Labute approximate surface area is 174 Å². The summed E-state index contributed by atoms with van der Waals surface area (Å²) in [5, 5.41) is 8.11. The summed E-state index contributed by atoms with van der Waals surface area (Å²) in [5.74, 6) is -0.675. The van der Waals surface area contributed by atoms with Crippen molar-refractivity contribution in [1.29, 1.82) is 0 Å². The van der Waals surface area contributed by atoms with Crippen LogP contribution in [0.4, 0.5) is 5.69 Å². The Hall–Kier alpha value is -3.87. The molecular formula is C23H23N3O4. The Morgan fingerprint density at radius 3 is 2.20 bits per heavy atom. The number of hydrogen-bond donors (Lipinski definition) is 3. The van der Waals surface area contributed by atoms with Gasteiger partial charge in [0.2, 0.25) is 5.91 Å². The minimum Gasteiger partial charge on any atom is -0.459 e. The SMILES string of the molecule is Cc1cc(C)cc(C(=O)NCC(=O)NCc2ccc(NC(=O)c3ccco3)cc2)c1. The van der Waals surface area contributed by atoms with Crippen molar-refractivity contribution in [1.82, 2.24) is 10.6 Å². The number of rotatable bonds is 7. The highest BCUT2D eigenvalue weighted by atomic mass is 16.3. The predicted octanol–water partition coefficient (Wildman–Crippen LogP) is 3.19. The lowest BCUT2D eigenvalue weighted by Crippen LogP contribution is -2.36. The van der Waals surface area contributed by atoms with Crippen LogP contribution in [0.25, 0.3) is 0 Å². The van der Waals surface area contributed by atoms with E-state index in [-0.39, 0.29) is 30.0 Å². The maximum atomic E-state index is 12.2. The van der Waals surface area contributed by atoms with Crippen LogP contribution in [0, 0.1) is 13.8 Å². The lowest BCUT2D eigenvalue weighted by atomic mass is 10.1. The molecule has 0 atom stereocenters. The van der Waals surface area contributed by atoms with Gasteiger partial charge in [-0.2, -0.15) is 0 Å². The molecule has 2 aromatic carbocycles. The first-order valence-corrected chi connectivity index (χ1v) is 9.48. The Balaban J connectivity index is 1.44. The largest absolute Gasteiger partial charge is 0.459 e. The number of nitrogens with one attached hydrogen (secondary N) is 3. The molecule has 0 spiro atoms. The monoisotopic (exact) mass is 405 g/mol. The molecule has 1 heterocycles. The quantitative estimate of drug-likeness (QED) is 0.562. The zero-order chi connectivity index (χ0) is 21.5. The van der Waals surface area contributed by atoms with Crippen molar-refractivity contribution in [3.05, 3.63) is 88.9 Å². The third-order valence-electron chi connectivity index (χ3n) is 4.34. The minimum atomic E-state index is -0.333. The van der Waals surface area contributed by atoms with E-state index in [1.807, 2.05) is 19.9 Å². The van der Waals surface area contributed by atoms with Gasteiger partial charge in [-0.15, -0.1) is 0 Å². The van der Waals surface area contributed by atoms with Crippen molar-refractivity contribution < 1.29 is 18.8 Å². The minimum absolute atomic E-state index is 0.108. The Morgan fingerprint density at radius 1 is 0.867 bits per heavy atom. The molecular weight excluding hydrogens is 382 g/mol. The van der Waals surface area contributed by atoms with E-state index in [0.717, 1.165) is 16.7 Å². The van der Waals surface area contributed by atoms with Crippen molar-refractivity contribution in [2.75, 3.05) is 11.9 Å². The van der Waals surface area contributed by atoms with Crippen LogP contribution in [0.1, 0.15) is 37.6 Å². The highest BCUT2D eigenvalue weighted by molar-refractivity contribution is 6.02. The number of amides is 3. The summed E-state index contributed by atoms with van der Waals surface area (Å²) >= 11 is 0. The van der Waals surface area contributed by atoms with Crippen molar-refractivity contribution in [2.24, 2.45) is 0 Å². The van der Waals surface area contributed by atoms with E-state index in [1.165, 1.54) is 6.26 Å². The lowest BCUT2D eigenvalue weighted by molar-refractivity contribution is -0.120. The summed E-state index contributed by atoms with van der Waals surface area (Å²) in [7, 11) is 0. The topological polar surface area (TPSA) is 100 Å². The summed E-state index contributed by atoms with van der Waals surface area (Å²) in [5.41, 5.74) is 4.00. The molecule has 3 N–H and O–H groups in total. The molecule has 3 aromatic rings. The van der Waals surface area contributed by atoms with E-state index in [1.54, 1.807) is 48.5 Å². The second-order valence-electron chi connectivity index (χ2n) is 6.96. The molecule has 3 rings (SSSR count). The molecule has 7 heteroatoms. The molecule has 0 aliphatic heterocycles. The number of furan rings is 1. The van der Waals surface area contributed by atoms with Gasteiger partial charge < -0.3 is 20.4 Å². The number of hydrogen-bond acceptors (Lipinski definition) is 4. The first-order valence-electron chi connectivity index (χ1n) is 9.48. The van der Waals surface area contributed by atoms with E-state index >= 15 is 0 Å². The van der Waals surface area contributed by atoms with Crippen LogP contribution >= 0.6 is 0 Å². The van der Waals surface area contributed by atoms with Gasteiger partial charge in [0.15, 0.2) is 5.76 Å². The molecule has 7 nitrogen and oxygen atoms in total. The average molecular weight is 405 g/mol. The van der Waals surface area contributed by atoms with E-state index in [2.05, 4.69) is 16.0 Å². The fourth-order valence-electron chi connectivity index (χ4n) is 2.94. The number of anilines is 1. The molecule has 154 valence electrons. The zero-order valence-electron chi connectivity index (χ0n) is 16.8. The van der Waals surface area contributed by atoms with Crippen LogP contribution in [0.15, 0.2) is 65.3 Å². The summed E-state index contributed by atoms with van der Waals surface area (Å²) in [6.07, 6.45) is 1.44. The smallest absolute Gasteiger partial charge is 0.291 e. The van der Waals surface area contributed by atoms with Gasteiger partial charge in [0.25, 0.3) is 11.8 Å². The summed E-state index contributed by atoms with van der Waals surface area (Å²) in [6, 6.07) is 15.9. The lowest BCUT2D eigenvalue weighted by Gasteiger charge is -2.09. The Bertz CT molecular complexity index is 1020. The van der Waals surface area contributed by atoms with E-state index in [9.17, 15) is 14.4 Å². The van der Waals surface area contributed by atoms with E-state index in [4.69, 9.17) is 4.42 Å². The van der Waals surface area contributed by atoms with Gasteiger partial charge in [0.1, 0.15) is 0 Å². The molecule has 0 fully saturated rings. The number of benzene rings is 2. The van der Waals surface area contributed by atoms with Gasteiger partial charge in [-0.25, -0.2) is 0 Å². The third kappa shape index (κ3) is 5.81. The summed E-state index contributed by atoms with van der Waals surface area (Å²) in [6.45, 7) is 4.04. The fourth-order valence-corrected chi connectivity index (χ4v) is 2.94. The molecule has 0 saturated heterocycles. The van der Waals surface area contributed by atoms with E-state index in [0.29, 0.717) is 17.8 Å². The molecule has 0 unspecified atom stereocenters. The van der Waals surface area contributed by atoms with Gasteiger partial charge in [0, 0.05) is 17.8 Å².